The van der Waals surface area contributed by atoms with E-state index in [-0.39, 0.29) is 0 Å². The first-order chi connectivity index (χ1) is 9.16. The molecule has 0 aromatic carbocycles. The van der Waals surface area contributed by atoms with Crippen LogP contribution in [-0.4, -0.2) is 16.1 Å². The van der Waals surface area contributed by atoms with Crippen LogP contribution in [0.15, 0.2) is 0 Å². The lowest BCUT2D eigenvalue weighted by atomic mass is 9.92. The molecule has 3 heteroatoms. The quantitative estimate of drug-likeness (QED) is 0.883. The van der Waals surface area contributed by atoms with Crippen molar-refractivity contribution in [3.8, 4) is 0 Å². The van der Waals surface area contributed by atoms with Gasteiger partial charge >= 0.3 is 0 Å². The van der Waals surface area contributed by atoms with Crippen molar-refractivity contribution in [3.05, 3.63) is 17.2 Å². The van der Waals surface area contributed by atoms with Gasteiger partial charge in [0.2, 0.25) is 0 Å². The van der Waals surface area contributed by atoms with Crippen LogP contribution in [0.5, 0.6) is 0 Å². The predicted octanol–water partition coefficient (Wildman–Crippen LogP) is 2.92. The molecule has 2 aliphatic rings. The molecular weight excluding hydrogens is 234 g/mol. The Bertz CT molecular complexity index is 455. The highest BCUT2D eigenvalue weighted by atomic mass is 15.1. The van der Waals surface area contributed by atoms with Crippen LogP contribution in [0.2, 0.25) is 0 Å². The van der Waals surface area contributed by atoms with Crippen molar-refractivity contribution in [3.63, 3.8) is 0 Å². The van der Waals surface area contributed by atoms with Crippen LogP contribution in [0.4, 0.5) is 0 Å². The van der Waals surface area contributed by atoms with E-state index in [0.29, 0.717) is 5.41 Å². The first kappa shape index (κ1) is 13.2. The fraction of sp³-hybridized carbons (Fsp3) is 0.812. The standard InChI is InChI=1S/C16H27N3/c1-4-5-15-18-13-10-17-9-6-14(13)19(15)11-16(7-8-16)12(2)3/h12,17H,4-11H2,1-3H3. The Morgan fingerprint density at radius 3 is 2.79 bits per heavy atom. The van der Waals surface area contributed by atoms with Crippen molar-refractivity contribution < 1.29 is 0 Å². The second kappa shape index (κ2) is 4.93. The highest BCUT2D eigenvalue weighted by molar-refractivity contribution is 5.21. The molecule has 1 saturated carbocycles. The molecule has 1 aromatic heterocycles. The minimum Gasteiger partial charge on any atom is -0.331 e. The maximum atomic E-state index is 4.91. The van der Waals surface area contributed by atoms with Gasteiger partial charge in [-0.25, -0.2) is 4.98 Å². The Morgan fingerprint density at radius 1 is 1.37 bits per heavy atom. The van der Waals surface area contributed by atoms with E-state index in [1.807, 2.05) is 0 Å². The summed E-state index contributed by atoms with van der Waals surface area (Å²) in [5.74, 6) is 2.13. The number of imidazole rings is 1. The fourth-order valence-corrected chi connectivity index (χ4v) is 3.42. The molecule has 2 heterocycles. The first-order valence-corrected chi connectivity index (χ1v) is 7.94. The molecule has 1 N–H and O–H groups in total. The number of aromatic nitrogens is 2. The van der Waals surface area contributed by atoms with Gasteiger partial charge in [0.05, 0.1) is 5.69 Å². The molecule has 0 saturated heterocycles. The van der Waals surface area contributed by atoms with Crippen LogP contribution in [0.1, 0.15) is 57.2 Å². The van der Waals surface area contributed by atoms with Crippen molar-refractivity contribution in [1.82, 2.24) is 14.9 Å². The van der Waals surface area contributed by atoms with Gasteiger partial charge in [0, 0.05) is 38.2 Å². The van der Waals surface area contributed by atoms with Crippen molar-refractivity contribution in [2.24, 2.45) is 11.3 Å². The SMILES string of the molecule is CCCc1nc2c(n1CC1(C(C)C)CC1)CCNC2. The number of nitrogens with zero attached hydrogens (tertiary/aromatic N) is 2. The van der Waals surface area contributed by atoms with Crippen molar-refractivity contribution in [1.29, 1.82) is 0 Å². The number of rotatable bonds is 5. The van der Waals surface area contributed by atoms with Crippen LogP contribution in [0.25, 0.3) is 0 Å². The van der Waals surface area contributed by atoms with E-state index in [1.54, 1.807) is 0 Å². The van der Waals surface area contributed by atoms with E-state index in [1.165, 1.54) is 43.0 Å². The zero-order valence-corrected chi connectivity index (χ0v) is 12.6. The van der Waals surface area contributed by atoms with Crippen LogP contribution < -0.4 is 5.32 Å². The third-order valence-electron chi connectivity index (χ3n) is 5.13. The lowest BCUT2D eigenvalue weighted by Crippen LogP contribution is -2.27. The predicted molar refractivity (Wildman–Crippen MR) is 78.1 cm³/mol. The molecule has 1 aliphatic carbocycles. The molecule has 1 fully saturated rings. The summed E-state index contributed by atoms with van der Waals surface area (Å²) in [7, 11) is 0. The molecule has 0 unspecified atom stereocenters. The van der Waals surface area contributed by atoms with Crippen molar-refractivity contribution in [2.75, 3.05) is 6.54 Å². The molecule has 19 heavy (non-hydrogen) atoms. The monoisotopic (exact) mass is 261 g/mol. The molecule has 1 aliphatic heterocycles. The summed E-state index contributed by atoms with van der Waals surface area (Å²) in [4.78, 5) is 4.91. The lowest BCUT2D eigenvalue weighted by molar-refractivity contribution is 0.300. The van der Waals surface area contributed by atoms with Gasteiger partial charge in [0.15, 0.2) is 0 Å². The van der Waals surface area contributed by atoms with E-state index in [4.69, 9.17) is 4.98 Å². The normalized spacial score (nSPS) is 20.6. The van der Waals surface area contributed by atoms with Gasteiger partial charge in [0.25, 0.3) is 0 Å². The molecule has 0 atom stereocenters. The van der Waals surface area contributed by atoms with E-state index < -0.39 is 0 Å². The minimum absolute atomic E-state index is 0.571. The van der Waals surface area contributed by atoms with Crippen LogP contribution in [0, 0.1) is 11.3 Å². The highest BCUT2D eigenvalue weighted by Gasteiger charge is 2.46. The van der Waals surface area contributed by atoms with Gasteiger partial charge in [-0.05, 0) is 30.6 Å². The smallest absolute Gasteiger partial charge is 0.109 e. The first-order valence-electron chi connectivity index (χ1n) is 7.94. The Hall–Kier alpha value is -0.830. The van der Waals surface area contributed by atoms with E-state index in [0.717, 1.165) is 31.8 Å². The van der Waals surface area contributed by atoms with Crippen LogP contribution in [-0.2, 0) is 25.9 Å². The van der Waals surface area contributed by atoms with Gasteiger partial charge in [-0.1, -0.05) is 20.8 Å². The fourth-order valence-electron chi connectivity index (χ4n) is 3.42. The Morgan fingerprint density at radius 2 is 2.16 bits per heavy atom. The number of aryl methyl sites for hydroxylation is 1. The second-order valence-corrected chi connectivity index (χ2v) is 6.70. The number of fused-ring (bicyclic) bond motifs is 1. The molecule has 3 nitrogen and oxygen atoms in total. The van der Waals surface area contributed by atoms with Gasteiger partial charge in [-0.3, -0.25) is 0 Å². The Labute approximate surface area is 116 Å². The zero-order valence-electron chi connectivity index (χ0n) is 12.6. The molecular formula is C16H27N3. The van der Waals surface area contributed by atoms with E-state index >= 15 is 0 Å². The largest absolute Gasteiger partial charge is 0.331 e. The van der Waals surface area contributed by atoms with Gasteiger partial charge < -0.3 is 9.88 Å². The average Bonchev–Trinajstić information content (AvgIpc) is 3.10. The highest BCUT2D eigenvalue weighted by Crippen LogP contribution is 2.53. The van der Waals surface area contributed by atoms with Crippen molar-refractivity contribution >= 4 is 0 Å². The Balaban J connectivity index is 1.92. The number of hydrogen-bond acceptors (Lipinski definition) is 2. The molecule has 0 amide bonds. The second-order valence-electron chi connectivity index (χ2n) is 6.70. The van der Waals surface area contributed by atoms with Crippen LogP contribution >= 0.6 is 0 Å². The number of nitrogens with one attached hydrogen (secondary N) is 1. The van der Waals surface area contributed by atoms with Crippen molar-refractivity contribution in [2.45, 2.75) is 66.0 Å². The van der Waals surface area contributed by atoms with Gasteiger partial charge in [0.1, 0.15) is 5.82 Å². The topological polar surface area (TPSA) is 29.9 Å². The summed E-state index contributed by atoms with van der Waals surface area (Å²) in [5, 5.41) is 3.45. The average molecular weight is 261 g/mol. The van der Waals surface area contributed by atoms with Gasteiger partial charge in [-0.2, -0.15) is 0 Å². The van der Waals surface area contributed by atoms with Crippen LogP contribution in [0.3, 0.4) is 0 Å². The zero-order chi connectivity index (χ0) is 13.5. The molecule has 0 spiro atoms. The van der Waals surface area contributed by atoms with E-state index in [2.05, 4.69) is 30.7 Å². The maximum absolute atomic E-state index is 4.91. The summed E-state index contributed by atoms with van der Waals surface area (Å²) in [6.45, 7) is 10.3. The summed E-state index contributed by atoms with van der Waals surface area (Å²) in [6.07, 6.45) is 6.28. The molecule has 3 rings (SSSR count). The maximum Gasteiger partial charge on any atom is 0.109 e. The molecule has 106 valence electrons. The minimum atomic E-state index is 0.571. The van der Waals surface area contributed by atoms with Gasteiger partial charge in [-0.15, -0.1) is 0 Å². The molecule has 1 aromatic rings. The Kier molecular flexibility index (Phi) is 3.42. The molecule has 0 bridgehead atoms. The summed E-state index contributed by atoms with van der Waals surface area (Å²) in [5.41, 5.74) is 3.41. The summed E-state index contributed by atoms with van der Waals surface area (Å²) < 4.78 is 2.59. The van der Waals surface area contributed by atoms with E-state index in [9.17, 15) is 0 Å². The third-order valence-corrected chi connectivity index (χ3v) is 5.13. The lowest BCUT2D eigenvalue weighted by Gasteiger charge is -2.24. The summed E-state index contributed by atoms with van der Waals surface area (Å²) in [6, 6.07) is 0. The number of hydrogen-bond donors (Lipinski definition) is 1. The summed E-state index contributed by atoms with van der Waals surface area (Å²) >= 11 is 0. The molecule has 0 radical (unpaired) electrons. The third kappa shape index (κ3) is 2.33.